The summed E-state index contributed by atoms with van der Waals surface area (Å²) in [6.45, 7) is -0.347. The molecule has 2 unspecified atom stereocenters. The number of rotatable bonds is 2. The van der Waals surface area contributed by atoms with Crippen LogP contribution in [0.25, 0.3) is 0 Å². The summed E-state index contributed by atoms with van der Waals surface area (Å²) in [4.78, 5) is 23.6. The van der Waals surface area contributed by atoms with Gasteiger partial charge in [0, 0.05) is 13.0 Å². The van der Waals surface area contributed by atoms with Gasteiger partial charge >= 0.3 is 6.03 Å². The van der Waals surface area contributed by atoms with Crippen molar-refractivity contribution < 1.29 is 29.6 Å². The number of nitrogens with zero attached hydrogens (tertiary/aromatic N) is 1. The van der Waals surface area contributed by atoms with Gasteiger partial charge in [-0.05, 0) is 0 Å². The van der Waals surface area contributed by atoms with Crippen LogP contribution >= 0.6 is 0 Å². The molecule has 2 saturated heterocycles. The highest BCUT2D eigenvalue weighted by Crippen LogP contribution is 2.25. The van der Waals surface area contributed by atoms with Crippen molar-refractivity contribution in [3.8, 4) is 0 Å². The minimum Gasteiger partial charge on any atom is -0.394 e. The van der Waals surface area contributed by atoms with Gasteiger partial charge in [0.05, 0.1) is 6.61 Å². The average Bonchev–Trinajstić information content (AvgIpc) is 2.57. The lowest BCUT2D eigenvalue weighted by Crippen LogP contribution is -2.56. The molecule has 0 radical (unpaired) electrons. The summed E-state index contributed by atoms with van der Waals surface area (Å²) >= 11 is 0. The van der Waals surface area contributed by atoms with E-state index in [0.29, 0.717) is 0 Å². The Hall–Kier alpha value is -1.22. The minimum atomic E-state index is -1.30. The smallest absolute Gasteiger partial charge is 0.326 e. The number of urea groups is 1. The lowest BCUT2D eigenvalue weighted by molar-refractivity contribution is -0.125. The van der Waals surface area contributed by atoms with Gasteiger partial charge in [-0.15, -0.1) is 0 Å². The maximum atomic E-state index is 11.5. The van der Waals surface area contributed by atoms with Crippen LogP contribution in [0.1, 0.15) is 6.42 Å². The number of hydrogen-bond donors (Lipinski definition) is 4. The van der Waals surface area contributed by atoms with Gasteiger partial charge in [-0.25, -0.2) is 4.79 Å². The molecular formula is C9H14N2O6. The zero-order valence-corrected chi connectivity index (χ0v) is 8.94. The van der Waals surface area contributed by atoms with Crippen molar-refractivity contribution in [2.45, 2.75) is 31.0 Å². The molecule has 96 valence electrons. The van der Waals surface area contributed by atoms with Crippen molar-refractivity contribution in [1.82, 2.24) is 10.2 Å². The van der Waals surface area contributed by atoms with E-state index in [1.165, 1.54) is 0 Å². The Kier molecular flexibility index (Phi) is 3.29. The molecule has 8 nitrogen and oxygen atoms in total. The van der Waals surface area contributed by atoms with Gasteiger partial charge in [0.15, 0.2) is 6.23 Å². The van der Waals surface area contributed by atoms with Gasteiger partial charge in [-0.2, -0.15) is 0 Å². The van der Waals surface area contributed by atoms with Crippen LogP contribution in [0.5, 0.6) is 0 Å². The summed E-state index contributed by atoms with van der Waals surface area (Å²) in [5.74, 6) is -0.391. The Morgan fingerprint density at radius 1 is 1.35 bits per heavy atom. The first-order valence-electron chi connectivity index (χ1n) is 5.27. The summed E-state index contributed by atoms with van der Waals surface area (Å²) in [6.07, 6.45) is -4.42. The number of ether oxygens (including phenoxy) is 1. The van der Waals surface area contributed by atoms with Crippen LogP contribution in [0.2, 0.25) is 0 Å². The molecular weight excluding hydrogens is 232 g/mol. The van der Waals surface area contributed by atoms with Crippen molar-refractivity contribution in [2.24, 2.45) is 0 Å². The van der Waals surface area contributed by atoms with Crippen molar-refractivity contribution in [3.63, 3.8) is 0 Å². The number of nitrogens with one attached hydrogen (secondary N) is 1. The molecule has 2 aliphatic heterocycles. The maximum absolute atomic E-state index is 11.5. The number of carbonyl (C=O) groups is 2. The van der Waals surface area contributed by atoms with E-state index < -0.39 is 43.1 Å². The number of amides is 3. The van der Waals surface area contributed by atoms with E-state index in [1.807, 2.05) is 0 Å². The zero-order chi connectivity index (χ0) is 12.6. The Balaban J connectivity index is 2.08. The van der Waals surface area contributed by atoms with Gasteiger partial charge in [0.2, 0.25) is 5.91 Å². The molecule has 4 N–H and O–H groups in total. The summed E-state index contributed by atoms with van der Waals surface area (Å²) in [6, 6.07) is -0.670. The Morgan fingerprint density at radius 3 is 2.59 bits per heavy atom. The Morgan fingerprint density at radius 2 is 2.06 bits per heavy atom. The fraction of sp³-hybridized carbons (Fsp3) is 0.778. The molecule has 0 saturated carbocycles. The predicted octanol–water partition coefficient (Wildman–Crippen LogP) is -2.63. The Labute approximate surface area is 96.8 Å². The highest BCUT2D eigenvalue weighted by Gasteiger charge is 2.47. The fourth-order valence-electron chi connectivity index (χ4n) is 1.96. The number of carbonyl (C=O) groups excluding carboxylic acids is 2. The van der Waals surface area contributed by atoms with Crippen molar-refractivity contribution >= 4 is 11.9 Å². The van der Waals surface area contributed by atoms with Gasteiger partial charge in [0.1, 0.15) is 18.3 Å². The maximum Gasteiger partial charge on any atom is 0.326 e. The zero-order valence-electron chi connectivity index (χ0n) is 8.94. The molecule has 0 spiro atoms. The third-order valence-corrected chi connectivity index (χ3v) is 2.91. The molecule has 2 rings (SSSR count). The van der Waals surface area contributed by atoms with Crippen molar-refractivity contribution in [3.05, 3.63) is 0 Å². The summed E-state index contributed by atoms with van der Waals surface area (Å²) < 4.78 is 5.18. The van der Waals surface area contributed by atoms with Gasteiger partial charge in [-0.1, -0.05) is 0 Å². The van der Waals surface area contributed by atoms with Crippen LogP contribution in [0.4, 0.5) is 4.79 Å². The van der Waals surface area contributed by atoms with E-state index in [2.05, 4.69) is 5.32 Å². The highest BCUT2D eigenvalue weighted by molar-refractivity contribution is 5.96. The van der Waals surface area contributed by atoms with Crippen LogP contribution in [0, 0.1) is 0 Å². The molecule has 2 fully saturated rings. The van der Waals surface area contributed by atoms with Crippen molar-refractivity contribution in [2.75, 3.05) is 13.2 Å². The van der Waals surface area contributed by atoms with Crippen LogP contribution in [0.15, 0.2) is 0 Å². The molecule has 0 aromatic heterocycles. The molecule has 0 aromatic carbocycles. The molecule has 2 heterocycles. The Bertz CT molecular complexity index is 335. The quantitative estimate of drug-likeness (QED) is 0.423. The summed E-state index contributed by atoms with van der Waals surface area (Å²) in [5, 5.41) is 30.2. The first kappa shape index (κ1) is 12.2. The van der Waals surface area contributed by atoms with Gasteiger partial charge in [0.25, 0.3) is 0 Å². The molecule has 0 aliphatic carbocycles. The second-order valence-corrected chi connectivity index (χ2v) is 4.03. The monoisotopic (exact) mass is 246 g/mol. The van der Waals surface area contributed by atoms with E-state index in [4.69, 9.17) is 9.84 Å². The normalized spacial score (nSPS) is 38.4. The third kappa shape index (κ3) is 2.12. The molecule has 0 bridgehead atoms. The van der Waals surface area contributed by atoms with E-state index in [-0.39, 0.29) is 13.0 Å². The number of imide groups is 1. The number of aliphatic hydroxyl groups is 3. The molecule has 3 amide bonds. The van der Waals surface area contributed by atoms with Crippen LogP contribution in [-0.4, -0.2) is 69.8 Å². The SMILES string of the molecule is O=C1CCN([C@@H]2OC(CO)[C@H](O)C2O)C(=O)N1. The first-order chi connectivity index (χ1) is 8.04. The van der Waals surface area contributed by atoms with E-state index in [9.17, 15) is 19.8 Å². The number of hydrogen-bond acceptors (Lipinski definition) is 6. The van der Waals surface area contributed by atoms with E-state index >= 15 is 0 Å². The minimum absolute atomic E-state index is 0.108. The average molecular weight is 246 g/mol. The standard InChI is InChI=1S/C9H14N2O6/c12-3-4-6(14)7(15)8(17-4)11-2-1-5(13)10-9(11)16/h4,6-8,12,14-15H,1-3H2,(H,10,13,16)/t4?,6-,7?,8+/m0/s1. The number of aliphatic hydroxyl groups excluding tert-OH is 3. The van der Waals surface area contributed by atoms with Crippen LogP contribution in [0.3, 0.4) is 0 Å². The predicted molar refractivity (Wildman–Crippen MR) is 52.6 cm³/mol. The summed E-state index contributed by atoms with van der Waals surface area (Å²) in [5.41, 5.74) is 0. The largest absolute Gasteiger partial charge is 0.394 e. The third-order valence-electron chi connectivity index (χ3n) is 2.91. The van der Waals surface area contributed by atoms with Crippen molar-refractivity contribution in [1.29, 1.82) is 0 Å². The van der Waals surface area contributed by atoms with Gasteiger partial charge < -0.3 is 20.1 Å². The molecule has 2 aliphatic rings. The summed E-state index contributed by atoms with van der Waals surface area (Å²) in [7, 11) is 0. The second-order valence-electron chi connectivity index (χ2n) is 4.03. The topological polar surface area (TPSA) is 119 Å². The lowest BCUT2D eigenvalue weighted by Gasteiger charge is -2.32. The van der Waals surface area contributed by atoms with Crippen LogP contribution in [-0.2, 0) is 9.53 Å². The highest BCUT2D eigenvalue weighted by atomic mass is 16.6. The molecule has 8 heteroatoms. The van der Waals surface area contributed by atoms with E-state index in [1.54, 1.807) is 0 Å². The second kappa shape index (κ2) is 4.57. The van der Waals surface area contributed by atoms with Gasteiger partial charge in [-0.3, -0.25) is 15.0 Å². The van der Waals surface area contributed by atoms with E-state index in [0.717, 1.165) is 4.90 Å². The molecule has 0 aromatic rings. The van der Waals surface area contributed by atoms with Crippen LogP contribution < -0.4 is 5.32 Å². The fourth-order valence-corrected chi connectivity index (χ4v) is 1.96. The molecule has 4 atom stereocenters. The first-order valence-corrected chi connectivity index (χ1v) is 5.27. The lowest BCUT2D eigenvalue weighted by atomic mass is 10.1. The molecule has 17 heavy (non-hydrogen) atoms.